The number of nitriles is 1. The molecular weight excluding hydrogens is 296 g/mol. The first-order valence-electron chi connectivity index (χ1n) is 7.23. The van der Waals surface area contributed by atoms with Crippen molar-refractivity contribution in [2.45, 2.75) is 32.2 Å². The van der Waals surface area contributed by atoms with Crippen molar-refractivity contribution in [3.8, 4) is 6.07 Å². The summed E-state index contributed by atoms with van der Waals surface area (Å²) in [5.41, 5.74) is 0.547. The van der Waals surface area contributed by atoms with E-state index in [9.17, 15) is 14.4 Å². The number of nitrogens with one attached hydrogen (secondary N) is 2. The first-order chi connectivity index (χ1) is 10.8. The number of imide groups is 1. The van der Waals surface area contributed by atoms with Gasteiger partial charge in [-0.15, -0.1) is 0 Å². The highest BCUT2D eigenvalue weighted by Gasteiger charge is 2.43. The highest BCUT2D eigenvalue weighted by atomic mass is 16.2. The third kappa shape index (κ3) is 3.86. The predicted molar refractivity (Wildman–Crippen MR) is 83.3 cm³/mol. The van der Waals surface area contributed by atoms with Crippen LogP contribution in [0.4, 0.5) is 10.5 Å². The number of amides is 4. The molecule has 0 aliphatic carbocycles. The van der Waals surface area contributed by atoms with Gasteiger partial charge in [-0.1, -0.05) is 12.1 Å². The van der Waals surface area contributed by atoms with E-state index in [1.165, 1.54) is 0 Å². The van der Waals surface area contributed by atoms with E-state index in [-0.39, 0.29) is 24.8 Å². The van der Waals surface area contributed by atoms with Crippen LogP contribution in [0.15, 0.2) is 24.3 Å². The molecular formula is C16H18N4O3. The molecule has 2 rings (SSSR count). The minimum absolute atomic E-state index is 0.0230. The van der Waals surface area contributed by atoms with Gasteiger partial charge >= 0.3 is 6.03 Å². The predicted octanol–water partition coefficient (Wildman–Crippen LogP) is 1.41. The fraction of sp³-hybridized carbons (Fsp3) is 0.375. The Balaban J connectivity index is 1.87. The Morgan fingerprint density at radius 2 is 1.96 bits per heavy atom. The first kappa shape index (κ1) is 16.5. The standard InChI is InChI=1S/C16H18N4O3/c1-16(2)14(22)20(15(23)19-16)10-8-13(21)18-12-5-3-11(4-6-12)7-9-17/h3-6H,7-8,10H2,1-2H3,(H,18,21)(H,19,23). The summed E-state index contributed by atoms with van der Waals surface area (Å²) in [6.45, 7) is 3.28. The summed E-state index contributed by atoms with van der Waals surface area (Å²) < 4.78 is 0. The second-order valence-electron chi connectivity index (χ2n) is 5.84. The van der Waals surface area contributed by atoms with Gasteiger partial charge in [0, 0.05) is 18.7 Å². The number of hydrogen-bond donors (Lipinski definition) is 2. The average molecular weight is 314 g/mol. The molecule has 0 bridgehead atoms. The molecule has 1 aliphatic rings. The lowest BCUT2D eigenvalue weighted by molar-refractivity contribution is -0.130. The van der Waals surface area contributed by atoms with Gasteiger partial charge in [-0.05, 0) is 31.5 Å². The summed E-state index contributed by atoms with van der Waals surface area (Å²) in [7, 11) is 0. The van der Waals surface area contributed by atoms with Crippen LogP contribution in [-0.2, 0) is 16.0 Å². The van der Waals surface area contributed by atoms with Crippen molar-refractivity contribution in [3.63, 3.8) is 0 Å². The monoisotopic (exact) mass is 314 g/mol. The maximum absolute atomic E-state index is 12.0. The van der Waals surface area contributed by atoms with Crippen LogP contribution in [0, 0.1) is 11.3 Å². The number of urea groups is 1. The molecule has 1 aliphatic heterocycles. The molecule has 1 saturated heterocycles. The van der Waals surface area contributed by atoms with E-state index in [0.29, 0.717) is 12.1 Å². The Morgan fingerprint density at radius 1 is 1.30 bits per heavy atom. The van der Waals surface area contributed by atoms with Crippen LogP contribution in [0.5, 0.6) is 0 Å². The first-order valence-corrected chi connectivity index (χ1v) is 7.23. The van der Waals surface area contributed by atoms with E-state index in [1.807, 2.05) is 6.07 Å². The third-order valence-electron chi connectivity index (χ3n) is 3.53. The molecule has 1 fully saturated rings. The van der Waals surface area contributed by atoms with Gasteiger partial charge in [-0.3, -0.25) is 14.5 Å². The van der Waals surface area contributed by atoms with E-state index >= 15 is 0 Å². The smallest absolute Gasteiger partial charge is 0.325 e. The van der Waals surface area contributed by atoms with Gasteiger partial charge in [0.1, 0.15) is 5.54 Å². The molecule has 0 atom stereocenters. The Kier molecular flexibility index (Phi) is 4.65. The molecule has 1 aromatic rings. The van der Waals surface area contributed by atoms with E-state index < -0.39 is 11.6 Å². The number of rotatable bonds is 5. The van der Waals surface area contributed by atoms with Crippen LogP contribution in [-0.4, -0.2) is 34.8 Å². The van der Waals surface area contributed by atoms with Crippen LogP contribution in [0.25, 0.3) is 0 Å². The lowest BCUT2D eigenvalue weighted by Crippen LogP contribution is -2.40. The van der Waals surface area contributed by atoms with Crippen molar-refractivity contribution < 1.29 is 14.4 Å². The van der Waals surface area contributed by atoms with Crippen LogP contribution < -0.4 is 10.6 Å². The van der Waals surface area contributed by atoms with Gasteiger partial charge < -0.3 is 10.6 Å². The number of nitrogens with zero attached hydrogens (tertiary/aromatic N) is 2. The average Bonchev–Trinajstić information content (AvgIpc) is 2.68. The quantitative estimate of drug-likeness (QED) is 0.802. The zero-order valence-electron chi connectivity index (χ0n) is 13.0. The van der Waals surface area contributed by atoms with Gasteiger partial charge in [0.25, 0.3) is 5.91 Å². The number of anilines is 1. The van der Waals surface area contributed by atoms with Crippen molar-refractivity contribution >= 4 is 23.5 Å². The molecule has 0 unspecified atom stereocenters. The van der Waals surface area contributed by atoms with Crippen LogP contribution in [0.1, 0.15) is 25.8 Å². The molecule has 7 nitrogen and oxygen atoms in total. The van der Waals surface area contributed by atoms with Crippen molar-refractivity contribution in [2.75, 3.05) is 11.9 Å². The lowest BCUT2D eigenvalue weighted by Gasteiger charge is -2.15. The topological polar surface area (TPSA) is 102 Å². The van der Waals surface area contributed by atoms with Crippen LogP contribution >= 0.6 is 0 Å². The third-order valence-corrected chi connectivity index (χ3v) is 3.53. The molecule has 2 N–H and O–H groups in total. The van der Waals surface area contributed by atoms with Crippen molar-refractivity contribution in [1.82, 2.24) is 10.2 Å². The fourth-order valence-electron chi connectivity index (χ4n) is 2.26. The summed E-state index contributed by atoms with van der Waals surface area (Å²) >= 11 is 0. The Hall–Kier alpha value is -2.88. The zero-order chi connectivity index (χ0) is 17.0. The minimum atomic E-state index is -0.926. The summed E-state index contributed by atoms with van der Waals surface area (Å²) in [5.74, 6) is -0.625. The lowest BCUT2D eigenvalue weighted by atomic mass is 10.1. The molecule has 23 heavy (non-hydrogen) atoms. The normalized spacial score (nSPS) is 16.0. The Morgan fingerprint density at radius 3 is 2.48 bits per heavy atom. The maximum atomic E-state index is 12.0. The zero-order valence-corrected chi connectivity index (χ0v) is 13.0. The minimum Gasteiger partial charge on any atom is -0.326 e. The van der Waals surface area contributed by atoms with E-state index in [2.05, 4.69) is 10.6 Å². The molecule has 0 saturated carbocycles. The van der Waals surface area contributed by atoms with E-state index in [1.54, 1.807) is 38.1 Å². The summed E-state index contributed by atoms with van der Waals surface area (Å²) in [6.07, 6.45) is 0.339. The largest absolute Gasteiger partial charge is 0.326 e. The Labute approximate surface area is 134 Å². The second-order valence-corrected chi connectivity index (χ2v) is 5.84. The van der Waals surface area contributed by atoms with Crippen LogP contribution in [0.3, 0.4) is 0 Å². The molecule has 120 valence electrons. The molecule has 0 aromatic heterocycles. The Bertz CT molecular complexity index is 674. The molecule has 1 heterocycles. The summed E-state index contributed by atoms with van der Waals surface area (Å²) in [6, 6.07) is 8.51. The van der Waals surface area contributed by atoms with Crippen molar-refractivity contribution in [3.05, 3.63) is 29.8 Å². The molecule has 0 radical (unpaired) electrons. The van der Waals surface area contributed by atoms with Gasteiger partial charge in [0.2, 0.25) is 5.91 Å². The SMILES string of the molecule is CC1(C)NC(=O)N(CCC(=O)Nc2ccc(CC#N)cc2)C1=O. The molecule has 7 heteroatoms. The van der Waals surface area contributed by atoms with Crippen molar-refractivity contribution in [2.24, 2.45) is 0 Å². The number of carbonyl (C=O) groups excluding carboxylic acids is 3. The maximum Gasteiger partial charge on any atom is 0.325 e. The van der Waals surface area contributed by atoms with Gasteiger partial charge in [-0.2, -0.15) is 5.26 Å². The summed E-state index contributed by atoms with van der Waals surface area (Å²) in [4.78, 5) is 36.7. The van der Waals surface area contributed by atoms with Gasteiger partial charge in [-0.25, -0.2) is 4.79 Å². The van der Waals surface area contributed by atoms with E-state index in [0.717, 1.165) is 10.5 Å². The highest BCUT2D eigenvalue weighted by Crippen LogP contribution is 2.17. The van der Waals surface area contributed by atoms with Crippen molar-refractivity contribution in [1.29, 1.82) is 5.26 Å². The van der Waals surface area contributed by atoms with E-state index in [4.69, 9.17) is 5.26 Å². The number of benzene rings is 1. The van der Waals surface area contributed by atoms with Gasteiger partial charge in [0.05, 0.1) is 12.5 Å². The van der Waals surface area contributed by atoms with Crippen LogP contribution in [0.2, 0.25) is 0 Å². The molecule has 4 amide bonds. The second kappa shape index (κ2) is 6.48. The highest BCUT2D eigenvalue weighted by molar-refractivity contribution is 6.06. The van der Waals surface area contributed by atoms with Gasteiger partial charge in [0.15, 0.2) is 0 Å². The molecule has 1 aromatic carbocycles. The number of hydrogen-bond acceptors (Lipinski definition) is 4. The number of carbonyl (C=O) groups is 3. The molecule has 0 spiro atoms. The fourth-order valence-corrected chi connectivity index (χ4v) is 2.26. The summed E-state index contributed by atoms with van der Waals surface area (Å²) in [5, 5.41) is 13.9.